The number of thioether (sulfide) groups is 1. The summed E-state index contributed by atoms with van der Waals surface area (Å²) in [5.74, 6) is -0.383. The molecule has 0 fully saturated rings. The largest absolute Gasteiger partial charge is 0.511 e. The summed E-state index contributed by atoms with van der Waals surface area (Å²) in [6.45, 7) is 0. The van der Waals surface area contributed by atoms with Crippen molar-refractivity contribution in [1.82, 2.24) is 0 Å². The van der Waals surface area contributed by atoms with Gasteiger partial charge >= 0.3 is 5.97 Å². The Balaban J connectivity index is 1.64. The summed E-state index contributed by atoms with van der Waals surface area (Å²) < 4.78 is 6.06. The quantitative estimate of drug-likeness (QED) is 0.512. The number of aliphatic hydroxyl groups is 1. The lowest BCUT2D eigenvalue weighted by atomic mass is 9.82. The van der Waals surface area contributed by atoms with E-state index in [0.717, 1.165) is 16.9 Å². The molecule has 4 heteroatoms. The summed E-state index contributed by atoms with van der Waals surface area (Å²) in [6, 6.07) is 29.4. The standard InChI is InChI=1S/C25H22O3S/c26-22-18-25(20-12-6-2-7-13-20,17-16-19-10-4-1-5-11-19)28-24(27)23(22)29-21-14-8-3-9-15-21/h1-15,26H,16-18H2. The Morgan fingerprint density at radius 2 is 1.45 bits per heavy atom. The molecule has 0 saturated carbocycles. The van der Waals surface area contributed by atoms with E-state index >= 15 is 0 Å². The van der Waals surface area contributed by atoms with Crippen LogP contribution in [0.1, 0.15) is 24.0 Å². The third kappa shape index (κ3) is 4.38. The van der Waals surface area contributed by atoms with Gasteiger partial charge in [0.05, 0.1) is 6.42 Å². The van der Waals surface area contributed by atoms with Crippen molar-refractivity contribution in [3.63, 3.8) is 0 Å². The van der Waals surface area contributed by atoms with E-state index in [9.17, 15) is 9.90 Å². The van der Waals surface area contributed by atoms with E-state index in [1.54, 1.807) is 0 Å². The van der Waals surface area contributed by atoms with Crippen LogP contribution >= 0.6 is 11.8 Å². The summed E-state index contributed by atoms with van der Waals surface area (Å²) in [5, 5.41) is 10.9. The molecule has 146 valence electrons. The van der Waals surface area contributed by atoms with Gasteiger partial charge in [-0.15, -0.1) is 0 Å². The first-order chi connectivity index (χ1) is 14.2. The SMILES string of the molecule is O=C1OC(CCc2ccccc2)(c2ccccc2)CC(O)=C1Sc1ccccc1. The minimum Gasteiger partial charge on any atom is -0.511 e. The Morgan fingerprint density at radius 1 is 0.862 bits per heavy atom. The van der Waals surface area contributed by atoms with Crippen LogP contribution in [-0.2, 0) is 21.6 Å². The Morgan fingerprint density at radius 3 is 2.07 bits per heavy atom. The molecular formula is C25H22O3S. The van der Waals surface area contributed by atoms with E-state index in [0.29, 0.717) is 6.42 Å². The summed E-state index contributed by atoms with van der Waals surface area (Å²) in [5.41, 5.74) is 1.20. The van der Waals surface area contributed by atoms with Gasteiger partial charge in [0.15, 0.2) is 0 Å². The predicted octanol–water partition coefficient (Wildman–Crippen LogP) is 6.02. The van der Waals surface area contributed by atoms with Crippen LogP contribution in [0.5, 0.6) is 0 Å². The molecule has 1 heterocycles. The number of carbonyl (C=O) groups is 1. The zero-order chi connectivity index (χ0) is 20.1. The molecule has 0 aromatic heterocycles. The maximum absolute atomic E-state index is 12.9. The zero-order valence-corrected chi connectivity index (χ0v) is 16.8. The van der Waals surface area contributed by atoms with E-state index in [1.165, 1.54) is 17.3 Å². The number of aryl methyl sites for hydroxylation is 1. The van der Waals surface area contributed by atoms with Crippen LogP contribution < -0.4 is 0 Å². The normalized spacial score (nSPS) is 19.1. The number of ether oxygens (including phenoxy) is 1. The van der Waals surface area contributed by atoms with Crippen molar-refractivity contribution in [2.24, 2.45) is 0 Å². The maximum Gasteiger partial charge on any atom is 0.349 e. The van der Waals surface area contributed by atoms with Crippen molar-refractivity contribution in [2.45, 2.75) is 29.8 Å². The van der Waals surface area contributed by atoms with Gasteiger partial charge in [0.1, 0.15) is 16.3 Å². The Kier molecular flexibility index (Phi) is 5.72. The number of esters is 1. The van der Waals surface area contributed by atoms with Gasteiger partial charge in [-0.25, -0.2) is 4.79 Å². The smallest absolute Gasteiger partial charge is 0.349 e. The van der Waals surface area contributed by atoms with Gasteiger partial charge in [-0.3, -0.25) is 0 Å². The second kappa shape index (κ2) is 8.58. The first kappa shape index (κ1) is 19.3. The molecule has 3 nitrogen and oxygen atoms in total. The molecule has 1 unspecified atom stereocenters. The molecule has 1 N–H and O–H groups in total. The molecule has 0 amide bonds. The first-order valence-corrected chi connectivity index (χ1v) is 10.5. The molecule has 3 aromatic rings. The van der Waals surface area contributed by atoms with Crippen LogP contribution in [0, 0.1) is 0 Å². The lowest BCUT2D eigenvalue weighted by Gasteiger charge is -2.37. The fraction of sp³-hybridized carbons (Fsp3) is 0.160. The molecule has 29 heavy (non-hydrogen) atoms. The van der Waals surface area contributed by atoms with E-state index in [-0.39, 0.29) is 17.1 Å². The molecule has 4 rings (SSSR count). The number of benzene rings is 3. The van der Waals surface area contributed by atoms with E-state index in [1.807, 2.05) is 78.9 Å². The van der Waals surface area contributed by atoms with Crippen molar-refractivity contribution in [3.8, 4) is 0 Å². The van der Waals surface area contributed by atoms with Crippen LogP contribution in [0.15, 0.2) is 107 Å². The number of hydrogen-bond donors (Lipinski definition) is 1. The predicted molar refractivity (Wildman–Crippen MR) is 116 cm³/mol. The number of rotatable bonds is 6. The van der Waals surface area contributed by atoms with Gasteiger partial charge in [-0.1, -0.05) is 90.6 Å². The summed E-state index contributed by atoms with van der Waals surface area (Å²) in [7, 11) is 0. The Bertz CT molecular complexity index is 1000. The highest BCUT2D eigenvalue weighted by Crippen LogP contribution is 2.44. The monoisotopic (exact) mass is 402 g/mol. The molecule has 0 radical (unpaired) electrons. The van der Waals surface area contributed by atoms with Crippen LogP contribution in [0.3, 0.4) is 0 Å². The topological polar surface area (TPSA) is 46.5 Å². The summed E-state index contributed by atoms with van der Waals surface area (Å²) in [4.78, 5) is 14.1. The van der Waals surface area contributed by atoms with Gasteiger partial charge in [-0.05, 0) is 36.1 Å². The summed E-state index contributed by atoms with van der Waals surface area (Å²) in [6.07, 6.45) is 1.61. The van der Waals surface area contributed by atoms with Gasteiger partial charge in [0.2, 0.25) is 0 Å². The molecule has 0 aliphatic carbocycles. The number of carbonyl (C=O) groups excluding carboxylic acids is 1. The second-order valence-corrected chi connectivity index (χ2v) is 8.19. The average Bonchev–Trinajstić information content (AvgIpc) is 2.77. The highest BCUT2D eigenvalue weighted by atomic mass is 32.2. The van der Waals surface area contributed by atoms with Crippen molar-refractivity contribution >= 4 is 17.7 Å². The summed E-state index contributed by atoms with van der Waals surface area (Å²) >= 11 is 1.25. The second-order valence-electron chi connectivity index (χ2n) is 7.10. The van der Waals surface area contributed by atoms with Crippen molar-refractivity contribution in [1.29, 1.82) is 0 Å². The Hall–Kier alpha value is -2.98. The molecule has 0 saturated heterocycles. The third-order valence-electron chi connectivity index (χ3n) is 5.11. The minimum atomic E-state index is -0.876. The van der Waals surface area contributed by atoms with E-state index < -0.39 is 11.6 Å². The molecular weight excluding hydrogens is 380 g/mol. The van der Waals surface area contributed by atoms with Gasteiger partial charge in [0.25, 0.3) is 0 Å². The van der Waals surface area contributed by atoms with Crippen molar-refractivity contribution < 1.29 is 14.6 Å². The fourth-order valence-electron chi connectivity index (χ4n) is 3.61. The number of cyclic esters (lactones) is 1. The van der Waals surface area contributed by atoms with E-state index in [4.69, 9.17) is 4.74 Å². The van der Waals surface area contributed by atoms with Gasteiger partial charge in [0, 0.05) is 4.90 Å². The molecule has 3 aromatic carbocycles. The van der Waals surface area contributed by atoms with Gasteiger partial charge < -0.3 is 9.84 Å². The number of aliphatic hydroxyl groups excluding tert-OH is 1. The molecule has 1 aliphatic heterocycles. The van der Waals surface area contributed by atoms with Crippen LogP contribution in [0.4, 0.5) is 0 Å². The molecule has 0 bridgehead atoms. The maximum atomic E-state index is 12.9. The van der Waals surface area contributed by atoms with Crippen LogP contribution in [-0.4, -0.2) is 11.1 Å². The van der Waals surface area contributed by atoms with Crippen molar-refractivity contribution in [2.75, 3.05) is 0 Å². The van der Waals surface area contributed by atoms with Crippen molar-refractivity contribution in [3.05, 3.63) is 113 Å². The zero-order valence-electron chi connectivity index (χ0n) is 16.0. The van der Waals surface area contributed by atoms with Crippen LogP contribution in [0.25, 0.3) is 0 Å². The van der Waals surface area contributed by atoms with E-state index in [2.05, 4.69) is 12.1 Å². The average molecular weight is 403 g/mol. The first-order valence-electron chi connectivity index (χ1n) is 9.64. The fourth-order valence-corrected chi connectivity index (χ4v) is 4.46. The Labute approximate surface area is 175 Å². The lowest BCUT2D eigenvalue weighted by molar-refractivity contribution is -0.160. The van der Waals surface area contributed by atoms with Crippen LogP contribution in [0.2, 0.25) is 0 Å². The number of hydrogen-bond acceptors (Lipinski definition) is 4. The highest BCUT2D eigenvalue weighted by molar-refractivity contribution is 8.04. The minimum absolute atomic E-state index is 0.0898. The molecule has 1 aliphatic rings. The highest BCUT2D eigenvalue weighted by Gasteiger charge is 2.43. The van der Waals surface area contributed by atoms with Gasteiger partial charge in [-0.2, -0.15) is 0 Å². The molecule has 1 atom stereocenters. The lowest BCUT2D eigenvalue weighted by Crippen LogP contribution is -2.38. The molecule has 0 spiro atoms. The third-order valence-corrected chi connectivity index (χ3v) is 6.23.